The molecule has 7 nitrogen and oxygen atoms in total. The molecule has 0 fully saturated rings. The molecule has 0 bridgehead atoms. The number of benzene rings is 2. The van der Waals surface area contributed by atoms with Gasteiger partial charge in [-0.1, -0.05) is 6.07 Å². The third kappa shape index (κ3) is 5.53. The number of carbonyl (C=O) groups is 2. The van der Waals surface area contributed by atoms with Crippen LogP contribution in [0.4, 0.5) is 21.9 Å². The number of nitrogens with one attached hydrogen (secondary N) is 3. The molecule has 0 aliphatic heterocycles. The standard InChI is InChI=1S/C19H20N4O3/c1-3-26-19(25)23-16-9-7-15(8-10-16)21-13(2)18(24)22-17-6-4-5-14(11-17)12-20/h4-11,13,21H,3H2,1-2H3,(H,22,24)(H,23,25). The molecule has 0 spiro atoms. The van der Waals surface area contributed by atoms with Crippen LogP contribution in [0.2, 0.25) is 0 Å². The van der Waals surface area contributed by atoms with Crippen LogP contribution in [0.1, 0.15) is 19.4 Å². The maximum Gasteiger partial charge on any atom is 0.411 e. The van der Waals surface area contributed by atoms with Crippen molar-refractivity contribution in [2.45, 2.75) is 19.9 Å². The molecule has 2 aromatic carbocycles. The van der Waals surface area contributed by atoms with Crippen molar-refractivity contribution in [2.75, 3.05) is 22.6 Å². The third-order valence-corrected chi connectivity index (χ3v) is 3.44. The average Bonchev–Trinajstić information content (AvgIpc) is 2.63. The van der Waals surface area contributed by atoms with Crippen LogP contribution in [0.3, 0.4) is 0 Å². The maximum atomic E-state index is 12.3. The van der Waals surface area contributed by atoms with Gasteiger partial charge < -0.3 is 15.4 Å². The summed E-state index contributed by atoms with van der Waals surface area (Å²) in [6, 6.07) is 15.2. The van der Waals surface area contributed by atoms with Gasteiger partial charge in [0.2, 0.25) is 5.91 Å². The maximum absolute atomic E-state index is 12.3. The summed E-state index contributed by atoms with van der Waals surface area (Å²) in [7, 11) is 0. The number of amides is 2. The van der Waals surface area contributed by atoms with E-state index in [4.69, 9.17) is 10.00 Å². The Bertz CT molecular complexity index is 812. The van der Waals surface area contributed by atoms with Crippen LogP contribution >= 0.6 is 0 Å². The molecule has 134 valence electrons. The summed E-state index contributed by atoms with van der Waals surface area (Å²) in [6.07, 6.45) is -0.513. The second kappa shape index (κ2) is 9.08. The van der Waals surface area contributed by atoms with E-state index < -0.39 is 12.1 Å². The Morgan fingerprint density at radius 3 is 2.42 bits per heavy atom. The molecule has 0 saturated carbocycles. The van der Waals surface area contributed by atoms with Crippen molar-refractivity contribution in [3.8, 4) is 6.07 Å². The molecule has 0 saturated heterocycles. The van der Waals surface area contributed by atoms with E-state index in [1.54, 1.807) is 62.4 Å². The zero-order chi connectivity index (χ0) is 18.9. The first-order chi connectivity index (χ1) is 12.5. The van der Waals surface area contributed by atoms with E-state index in [2.05, 4.69) is 16.0 Å². The van der Waals surface area contributed by atoms with Crippen LogP contribution in [-0.4, -0.2) is 24.6 Å². The minimum absolute atomic E-state index is 0.228. The Labute approximate surface area is 152 Å². The van der Waals surface area contributed by atoms with Crippen LogP contribution in [0.5, 0.6) is 0 Å². The lowest BCUT2D eigenvalue weighted by molar-refractivity contribution is -0.116. The van der Waals surface area contributed by atoms with E-state index >= 15 is 0 Å². The average molecular weight is 352 g/mol. The molecule has 0 aliphatic rings. The number of nitrogens with zero attached hydrogens (tertiary/aromatic N) is 1. The lowest BCUT2D eigenvalue weighted by Crippen LogP contribution is -2.31. The molecule has 0 aromatic heterocycles. The zero-order valence-corrected chi connectivity index (χ0v) is 14.6. The summed E-state index contributed by atoms with van der Waals surface area (Å²) in [5.41, 5.74) is 2.37. The number of hydrogen-bond acceptors (Lipinski definition) is 5. The van der Waals surface area contributed by atoms with Gasteiger partial charge in [0, 0.05) is 17.1 Å². The Morgan fingerprint density at radius 1 is 1.08 bits per heavy atom. The van der Waals surface area contributed by atoms with Gasteiger partial charge in [0.15, 0.2) is 0 Å². The van der Waals surface area contributed by atoms with Gasteiger partial charge >= 0.3 is 6.09 Å². The summed E-state index contributed by atoms with van der Waals surface area (Å²) in [6.45, 7) is 3.76. The fourth-order valence-electron chi connectivity index (χ4n) is 2.17. The predicted molar refractivity (Wildman–Crippen MR) is 100.0 cm³/mol. The molecule has 7 heteroatoms. The monoisotopic (exact) mass is 352 g/mol. The second-order valence-corrected chi connectivity index (χ2v) is 5.47. The topological polar surface area (TPSA) is 103 Å². The summed E-state index contributed by atoms with van der Waals surface area (Å²) >= 11 is 0. The van der Waals surface area contributed by atoms with Gasteiger partial charge in [-0.05, 0) is 56.3 Å². The third-order valence-electron chi connectivity index (χ3n) is 3.44. The van der Waals surface area contributed by atoms with Gasteiger partial charge in [-0.15, -0.1) is 0 Å². The molecular formula is C19H20N4O3. The minimum Gasteiger partial charge on any atom is -0.450 e. The van der Waals surface area contributed by atoms with Crippen molar-refractivity contribution >= 4 is 29.1 Å². The Hall–Kier alpha value is -3.53. The summed E-state index contributed by atoms with van der Waals surface area (Å²) in [5, 5.41) is 17.3. The highest BCUT2D eigenvalue weighted by Gasteiger charge is 2.13. The largest absolute Gasteiger partial charge is 0.450 e. The molecule has 2 rings (SSSR count). The van der Waals surface area contributed by atoms with E-state index in [-0.39, 0.29) is 5.91 Å². The van der Waals surface area contributed by atoms with Crippen molar-refractivity contribution < 1.29 is 14.3 Å². The first-order valence-electron chi connectivity index (χ1n) is 8.13. The lowest BCUT2D eigenvalue weighted by atomic mass is 10.2. The molecule has 1 unspecified atom stereocenters. The normalized spacial score (nSPS) is 11.0. The van der Waals surface area contributed by atoms with Gasteiger partial charge in [-0.25, -0.2) is 4.79 Å². The van der Waals surface area contributed by atoms with E-state index in [0.717, 1.165) is 5.69 Å². The number of anilines is 3. The SMILES string of the molecule is CCOC(=O)Nc1ccc(NC(C)C(=O)Nc2cccc(C#N)c2)cc1. The van der Waals surface area contributed by atoms with Gasteiger partial charge in [-0.3, -0.25) is 10.1 Å². The van der Waals surface area contributed by atoms with Crippen LogP contribution in [-0.2, 0) is 9.53 Å². The van der Waals surface area contributed by atoms with Crippen molar-refractivity contribution in [3.63, 3.8) is 0 Å². The quantitative estimate of drug-likeness (QED) is 0.737. The highest BCUT2D eigenvalue weighted by Crippen LogP contribution is 2.16. The molecule has 0 aliphatic carbocycles. The van der Waals surface area contributed by atoms with Gasteiger partial charge in [-0.2, -0.15) is 5.26 Å². The van der Waals surface area contributed by atoms with Crippen LogP contribution in [0.25, 0.3) is 0 Å². The van der Waals surface area contributed by atoms with Crippen LogP contribution in [0, 0.1) is 11.3 Å². The molecule has 0 radical (unpaired) electrons. The van der Waals surface area contributed by atoms with Gasteiger partial charge in [0.05, 0.1) is 18.2 Å². The van der Waals surface area contributed by atoms with E-state index in [9.17, 15) is 9.59 Å². The summed E-state index contributed by atoms with van der Waals surface area (Å²) < 4.78 is 4.81. The molecule has 0 heterocycles. The first kappa shape index (κ1) is 18.8. The van der Waals surface area contributed by atoms with Crippen molar-refractivity contribution in [2.24, 2.45) is 0 Å². The fourth-order valence-corrected chi connectivity index (χ4v) is 2.17. The second-order valence-electron chi connectivity index (χ2n) is 5.47. The molecule has 2 aromatic rings. The molecule has 1 atom stereocenters. The smallest absolute Gasteiger partial charge is 0.411 e. The molecule has 26 heavy (non-hydrogen) atoms. The Morgan fingerprint density at radius 2 is 1.77 bits per heavy atom. The van der Waals surface area contributed by atoms with Crippen molar-refractivity contribution in [3.05, 3.63) is 54.1 Å². The first-order valence-corrected chi connectivity index (χ1v) is 8.13. The lowest BCUT2D eigenvalue weighted by Gasteiger charge is -2.16. The molecule has 2 amide bonds. The van der Waals surface area contributed by atoms with E-state index in [1.807, 2.05) is 6.07 Å². The van der Waals surface area contributed by atoms with E-state index in [0.29, 0.717) is 23.5 Å². The van der Waals surface area contributed by atoms with Gasteiger partial charge in [0.1, 0.15) is 6.04 Å². The number of rotatable bonds is 6. The Balaban J connectivity index is 1.91. The highest BCUT2D eigenvalue weighted by molar-refractivity contribution is 5.96. The van der Waals surface area contributed by atoms with Crippen molar-refractivity contribution in [1.82, 2.24) is 0 Å². The van der Waals surface area contributed by atoms with Gasteiger partial charge in [0.25, 0.3) is 0 Å². The number of nitriles is 1. The fraction of sp³-hybridized carbons (Fsp3) is 0.211. The van der Waals surface area contributed by atoms with E-state index in [1.165, 1.54) is 0 Å². The van der Waals surface area contributed by atoms with Crippen LogP contribution < -0.4 is 16.0 Å². The number of ether oxygens (including phenoxy) is 1. The van der Waals surface area contributed by atoms with Crippen LogP contribution in [0.15, 0.2) is 48.5 Å². The minimum atomic E-state index is -0.513. The number of carbonyl (C=O) groups excluding carboxylic acids is 2. The summed E-state index contributed by atoms with van der Waals surface area (Å²) in [4.78, 5) is 23.6. The highest BCUT2D eigenvalue weighted by atomic mass is 16.5. The van der Waals surface area contributed by atoms with Crippen molar-refractivity contribution in [1.29, 1.82) is 5.26 Å². The number of hydrogen-bond donors (Lipinski definition) is 3. The summed E-state index contributed by atoms with van der Waals surface area (Å²) in [5.74, 6) is -0.228. The molecule has 3 N–H and O–H groups in total. The Kier molecular flexibility index (Phi) is 6.57. The zero-order valence-electron chi connectivity index (χ0n) is 14.6. The predicted octanol–water partition coefficient (Wildman–Crippen LogP) is 3.57. The molecular weight excluding hydrogens is 332 g/mol.